The number of anilines is 2. The number of aromatic nitrogens is 2. The first kappa shape index (κ1) is 13.5. The van der Waals surface area contributed by atoms with E-state index >= 15 is 0 Å². The Morgan fingerprint density at radius 2 is 2.05 bits per heavy atom. The number of methoxy groups -OCH3 is 1. The maximum atomic E-state index is 11.0. The number of likely N-dealkylation sites (N-methyl/N-ethyl adjacent to an activating group) is 1. The van der Waals surface area contributed by atoms with Crippen molar-refractivity contribution in [1.29, 1.82) is 0 Å². The van der Waals surface area contributed by atoms with Gasteiger partial charge in [0.2, 0.25) is 0 Å². The van der Waals surface area contributed by atoms with E-state index in [4.69, 9.17) is 0 Å². The molecule has 0 radical (unpaired) electrons. The van der Waals surface area contributed by atoms with Crippen molar-refractivity contribution in [2.24, 2.45) is 0 Å². The number of carbonyl (C=O) groups is 1. The van der Waals surface area contributed by atoms with Gasteiger partial charge in [0, 0.05) is 26.2 Å². The lowest BCUT2D eigenvalue weighted by Crippen LogP contribution is -2.46. The van der Waals surface area contributed by atoms with E-state index in [1.165, 1.54) is 7.11 Å². The molecular formula is C12H19N5O2. The van der Waals surface area contributed by atoms with Crippen molar-refractivity contribution in [3.8, 4) is 0 Å². The van der Waals surface area contributed by atoms with Crippen LogP contribution in [-0.4, -0.2) is 61.0 Å². The lowest BCUT2D eigenvalue weighted by Gasteiger charge is -2.34. The molecule has 0 unspecified atom stereocenters. The van der Waals surface area contributed by atoms with E-state index in [0.717, 1.165) is 38.5 Å². The summed E-state index contributed by atoms with van der Waals surface area (Å²) in [5.41, 5.74) is 0. The van der Waals surface area contributed by atoms with Gasteiger partial charge in [-0.15, -0.1) is 10.2 Å². The third-order valence-corrected chi connectivity index (χ3v) is 3.21. The van der Waals surface area contributed by atoms with Crippen molar-refractivity contribution in [3.63, 3.8) is 0 Å². The minimum Gasteiger partial charge on any atom is -0.453 e. The van der Waals surface area contributed by atoms with E-state index in [9.17, 15) is 4.79 Å². The first-order valence-corrected chi connectivity index (χ1v) is 6.39. The van der Waals surface area contributed by atoms with Gasteiger partial charge in [-0.25, -0.2) is 4.79 Å². The summed E-state index contributed by atoms with van der Waals surface area (Å²) in [6.45, 7) is 7.24. The molecule has 19 heavy (non-hydrogen) atoms. The van der Waals surface area contributed by atoms with Crippen LogP contribution in [0.1, 0.15) is 6.92 Å². The fourth-order valence-corrected chi connectivity index (χ4v) is 2.01. The van der Waals surface area contributed by atoms with Gasteiger partial charge in [-0.2, -0.15) is 0 Å². The summed E-state index contributed by atoms with van der Waals surface area (Å²) in [6.07, 6.45) is -0.543. The van der Waals surface area contributed by atoms with E-state index < -0.39 is 6.09 Å². The Hall–Kier alpha value is -1.89. The fraction of sp³-hybridized carbons (Fsp3) is 0.583. The number of carbonyl (C=O) groups excluding carboxylic acids is 1. The molecule has 1 aliphatic heterocycles. The Kier molecular flexibility index (Phi) is 4.51. The summed E-state index contributed by atoms with van der Waals surface area (Å²) < 4.78 is 4.49. The van der Waals surface area contributed by atoms with E-state index in [1.807, 2.05) is 6.07 Å². The number of nitrogens with zero attached hydrogens (tertiary/aromatic N) is 4. The Morgan fingerprint density at radius 1 is 1.32 bits per heavy atom. The van der Waals surface area contributed by atoms with Gasteiger partial charge in [0.25, 0.3) is 0 Å². The average Bonchev–Trinajstić information content (AvgIpc) is 2.48. The summed E-state index contributed by atoms with van der Waals surface area (Å²) in [5, 5.41) is 10.6. The van der Waals surface area contributed by atoms with Crippen LogP contribution in [0.4, 0.5) is 16.4 Å². The number of nitrogens with one attached hydrogen (secondary N) is 1. The van der Waals surface area contributed by atoms with E-state index in [0.29, 0.717) is 5.82 Å². The Balaban J connectivity index is 1.93. The maximum Gasteiger partial charge on any atom is 0.412 e. The quantitative estimate of drug-likeness (QED) is 0.871. The van der Waals surface area contributed by atoms with Gasteiger partial charge < -0.3 is 14.5 Å². The fourth-order valence-electron chi connectivity index (χ4n) is 2.01. The summed E-state index contributed by atoms with van der Waals surface area (Å²) >= 11 is 0. The van der Waals surface area contributed by atoms with Crippen LogP contribution in [0.3, 0.4) is 0 Å². The number of amides is 1. The monoisotopic (exact) mass is 265 g/mol. The van der Waals surface area contributed by atoms with Crippen molar-refractivity contribution in [3.05, 3.63) is 12.1 Å². The molecule has 0 aromatic carbocycles. The zero-order valence-electron chi connectivity index (χ0n) is 11.3. The highest BCUT2D eigenvalue weighted by Crippen LogP contribution is 2.14. The minimum atomic E-state index is -0.543. The van der Waals surface area contributed by atoms with Gasteiger partial charge in [0.05, 0.1) is 7.11 Å². The number of rotatable bonds is 3. The summed E-state index contributed by atoms with van der Waals surface area (Å²) in [4.78, 5) is 15.6. The van der Waals surface area contributed by atoms with Crippen molar-refractivity contribution in [2.45, 2.75) is 6.92 Å². The second kappa shape index (κ2) is 6.33. The van der Waals surface area contributed by atoms with Gasteiger partial charge in [0.15, 0.2) is 11.6 Å². The molecule has 1 aromatic heterocycles. The highest BCUT2D eigenvalue weighted by atomic mass is 16.5. The van der Waals surface area contributed by atoms with Gasteiger partial charge in [0.1, 0.15) is 0 Å². The van der Waals surface area contributed by atoms with Crippen LogP contribution < -0.4 is 10.2 Å². The predicted octanol–water partition coefficient (Wildman–Crippen LogP) is 0.797. The van der Waals surface area contributed by atoms with Crippen LogP contribution in [0.15, 0.2) is 12.1 Å². The molecule has 0 saturated carbocycles. The zero-order chi connectivity index (χ0) is 13.7. The lowest BCUT2D eigenvalue weighted by atomic mass is 10.3. The van der Waals surface area contributed by atoms with E-state index in [2.05, 4.69) is 37.0 Å². The van der Waals surface area contributed by atoms with Crippen LogP contribution in [0.25, 0.3) is 0 Å². The molecule has 1 N–H and O–H groups in total. The van der Waals surface area contributed by atoms with Crippen LogP contribution >= 0.6 is 0 Å². The normalized spacial score (nSPS) is 16.2. The Bertz CT molecular complexity index is 415. The molecule has 7 heteroatoms. The van der Waals surface area contributed by atoms with Gasteiger partial charge in [-0.1, -0.05) is 6.92 Å². The van der Waals surface area contributed by atoms with Crippen LogP contribution in [0, 0.1) is 0 Å². The molecule has 1 amide bonds. The Morgan fingerprint density at radius 3 is 2.58 bits per heavy atom. The largest absolute Gasteiger partial charge is 0.453 e. The summed E-state index contributed by atoms with van der Waals surface area (Å²) in [7, 11) is 1.31. The molecule has 0 bridgehead atoms. The molecule has 1 aliphatic rings. The summed E-state index contributed by atoms with van der Waals surface area (Å²) in [6, 6.07) is 3.59. The third-order valence-electron chi connectivity index (χ3n) is 3.21. The highest BCUT2D eigenvalue weighted by molar-refractivity contribution is 5.83. The molecule has 0 atom stereocenters. The molecule has 2 rings (SSSR count). The third kappa shape index (κ3) is 3.54. The minimum absolute atomic E-state index is 0.391. The molecule has 1 fully saturated rings. The number of piperazine rings is 1. The van der Waals surface area contributed by atoms with E-state index in [1.54, 1.807) is 6.07 Å². The SMILES string of the molecule is CCN1CCN(c2ccc(NC(=O)OC)nn2)CC1. The molecule has 2 heterocycles. The number of hydrogen-bond acceptors (Lipinski definition) is 6. The van der Waals surface area contributed by atoms with Crippen LogP contribution in [0.5, 0.6) is 0 Å². The van der Waals surface area contributed by atoms with Crippen molar-refractivity contribution in [2.75, 3.05) is 50.1 Å². The van der Waals surface area contributed by atoms with E-state index in [-0.39, 0.29) is 0 Å². The maximum absolute atomic E-state index is 11.0. The smallest absolute Gasteiger partial charge is 0.412 e. The molecular weight excluding hydrogens is 246 g/mol. The second-order valence-electron chi connectivity index (χ2n) is 4.31. The average molecular weight is 265 g/mol. The highest BCUT2D eigenvalue weighted by Gasteiger charge is 2.17. The second-order valence-corrected chi connectivity index (χ2v) is 4.31. The van der Waals surface area contributed by atoms with Crippen molar-refractivity contribution >= 4 is 17.7 Å². The first-order valence-electron chi connectivity index (χ1n) is 6.39. The van der Waals surface area contributed by atoms with Crippen LogP contribution in [0.2, 0.25) is 0 Å². The molecule has 7 nitrogen and oxygen atoms in total. The number of ether oxygens (including phenoxy) is 1. The lowest BCUT2D eigenvalue weighted by molar-refractivity contribution is 0.187. The molecule has 104 valence electrons. The van der Waals surface area contributed by atoms with Gasteiger partial charge in [-0.3, -0.25) is 5.32 Å². The van der Waals surface area contributed by atoms with Crippen molar-refractivity contribution < 1.29 is 9.53 Å². The van der Waals surface area contributed by atoms with Crippen molar-refractivity contribution in [1.82, 2.24) is 15.1 Å². The topological polar surface area (TPSA) is 70.6 Å². The van der Waals surface area contributed by atoms with Gasteiger partial charge in [-0.05, 0) is 18.7 Å². The summed E-state index contributed by atoms with van der Waals surface area (Å²) in [5.74, 6) is 1.23. The number of hydrogen-bond donors (Lipinski definition) is 1. The predicted molar refractivity (Wildman–Crippen MR) is 72.4 cm³/mol. The molecule has 0 spiro atoms. The van der Waals surface area contributed by atoms with Crippen LogP contribution in [-0.2, 0) is 4.74 Å². The van der Waals surface area contributed by atoms with Gasteiger partial charge >= 0.3 is 6.09 Å². The zero-order valence-corrected chi connectivity index (χ0v) is 11.3. The Labute approximate surface area is 112 Å². The molecule has 0 aliphatic carbocycles. The standard InChI is InChI=1S/C12H19N5O2/c1-3-16-6-8-17(9-7-16)11-5-4-10(14-15-11)13-12(18)19-2/h4-5H,3,6-9H2,1-2H3,(H,13,14,18). The molecule has 1 aromatic rings. The first-order chi connectivity index (χ1) is 9.22. The molecule has 1 saturated heterocycles.